The van der Waals surface area contributed by atoms with E-state index in [1.165, 1.54) is 13.8 Å². The second kappa shape index (κ2) is 6.82. The average Bonchev–Trinajstić information content (AvgIpc) is 2.25. The molecule has 0 amide bonds. The van der Waals surface area contributed by atoms with Crippen molar-refractivity contribution in [2.45, 2.75) is 25.7 Å². The summed E-state index contributed by atoms with van der Waals surface area (Å²) < 4.78 is 64.9. The van der Waals surface area contributed by atoms with E-state index in [0.29, 0.717) is 0 Å². The molecule has 1 aromatic carbocycles. The molecule has 2 N–H and O–H groups in total. The zero-order chi connectivity index (χ0) is 16.3. The molecule has 1 rings (SSSR count). The number of hydrogen-bond acceptors (Lipinski definition) is 4. The normalized spacial score (nSPS) is 12.6. The second-order valence-electron chi connectivity index (χ2n) is 4.58. The van der Waals surface area contributed by atoms with Crippen LogP contribution in [0.5, 0.6) is 0 Å². The lowest BCUT2D eigenvalue weighted by atomic mass is 10.1. The van der Waals surface area contributed by atoms with Crippen LogP contribution in [0, 0.1) is 19.7 Å². The number of aryl methyl sites for hydroxylation is 2. The van der Waals surface area contributed by atoms with E-state index in [4.69, 9.17) is 0 Å². The monoisotopic (exact) mass is 338 g/mol. The third kappa shape index (κ3) is 5.03. The summed E-state index contributed by atoms with van der Waals surface area (Å²) >= 11 is 0. The van der Waals surface area contributed by atoms with Gasteiger partial charge in [-0.1, -0.05) is 6.92 Å². The van der Waals surface area contributed by atoms with Crippen LogP contribution in [0.2, 0.25) is 0 Å². The van der Waals surface area contributed by atoms with Crippen LogP contribution in [0.1, 0.15) is 18.1 Å². The van der Waals surface area contributed by atoms with Crippen molar-refractivity contribution in [2.75, 3.05) is 18.8 Å². The molecule has 0 heterocycles. The Morgan fingerprint density at radius 3 is 2.05 bits per heavy atom. The van der Waals surface area contributed by atoms with Gasteiger partial charge >= 0.3 is 0 Å². The first-order valence-corrected chi connectivity index (χ1v) is 9.46. The molecule has 0 aromatic heterocycles. The maximum Gasteiger partial charge on any atom is 0.241 e. The fourth-order valence-corrected chi connectivity index (χ4v) is 4.56. The molecule has 21 heavy (non-hydrogen) atoms. The van der Waals surface area contributed by atoms with Gasteiger partial charge in [0.25, 0.3) is 0 Å². The van der Waals surface area contributed by atoms with Crippen LogP contribution in [-0.2, 0) is 20.0 Å². The van der Waals surface area contributed by atoms with Gasteiger partial charge in [0.15, 0.2) is 0 Å². The van der Waals surface area contributed by atoms with E-state index in [1.54, 1.807) is 6.92 Å². The lowest BCUT2D eigenvalue weighted by molar-refractivity contribution is 0.575. The van der Waals surface area contributed by atoms with Gasteiger partial charge in [0.05, 0.1) is 10.6 Å². The largest absolute Gasteiger partial charge is 0.241 e. The Morgan fingerprint density at radius 2 is 1.57 bits per heavy atom. The van der Waals surface area contributed by atoms with Gasteiger partial charge in [-0.05, 0) is 37.1 Å². The predicted molar refractivity (Wildman–Crippen MR) is 78.5 cm³/mol. The highest BCUT2D eigenvalue weighted by molar-refractivity contribution is 7.90. The molecular weight excluding hydrogens is 319 g/mol. The van der Waals surface area contributed by atoms with Crippen molar-refractivity contribution in [1.29, 1.82) is 0 Å². The summed E-state index contributed by atoms with van der Waals surface area (Å²) in [5.74, 6) is -0.877. The summed E-state index contributed by atoms with van der Waals surface area (Å²) in [5.41, 5.74) is 0.545. The van der Waals surface area contributed by atoms with Crippen molar-refractivity contribution in [1.82, 2.24) is 9.44 Å². The van der Waals surface area contributed by atoms with Gasteiger partial charge in [-0.25, -0.2) is 30.7 Å². The average molecular weight is 338 g/mol. The molecule has 0 radical (unpaired) electrons. The first kappa shape index (κ1) is 18.0. The Morgan fingerprint density at radius 1 is 1.05 bits per heavy atom. The van der Waals surface area contributed by atoms with E-state index in [1.807, 2.05) is 0 Å². The Bertz CT molecular complexity index is 692. The topological polar surface area (TPSA) is 92.3 Å². The van der Waals surface area contributed by atoms with Crippen molar-refractivity contribution >= 4 is 20.0 Å². The minimum atomic E-state index is -3.88. The maximum atomic E-state index is 13.2. The number of rotatable bonds is 7. The van der Waals surface area contributed by atoms with Crippen molar-refractivity contribution in [2.24, 2.45) is 0 Å². The van der Waals surface area contributed by atoms with Gasteiger partial charge in [0, 0.05) is 13.1 Å². The summed E-state index contributed by atoms with van der Waals surface area (Å²) in [6.45, 7) is 4.59. The maximum absolute atomic E-state index is 13.2. The number of sulfonamides is 2. The SMILES string of the molecule is CCNS(=O)(=O)CCNS(=O)(=O)c1c(C)cc(F)cc1C. The fourth-order valence-electron chi connectivity index (χ4n) is 2.00. The van der Waals surface area contributed by atoms with Gasteiger partial charge < -0.3 is 0 Å². The zero-order valence-electron chi connectivity index (χ0n) is 12.1. The summed E-state index contributed by atoms with van der Waals surface area (Å²) in [4.78, 5) is -0.0234. The van der Waals surface area contributed by atoms with Gasteiger partial charge in [-0.2, -0.15) is 0 Å². The first-order chi connectivity index (χ1) is 9.59. The van der Waals surface area contributed by atoms with Crippen LogP contribution in [0.15, 0.2) is 17.0 Å². The van der Waals surface area contributed by atoms with E-state index >= 15 is 0 Å². The summed E-state index contributed by atoms with van der Waals surface area (Å²) in [6.07, 6.45) is 0. The zero-order valence-corrected chi connectivity index (χ0v) is 13.7. The van der Waals surface area contributed by atoms with E-state index < -0.39 is 25.9 Å². The van der Waals surface area contributed by atoms with E-state index in [9.17, 15) is 21.2 Å². The molecule has 0 aliphatic heterocycles. The molecule has 0 bridgehead atoms. The molecule has 6 nitrogen and oxygen atoms in total. The van der Waals surface area contributed by atoms with E-state index in [-0.39, 0.29) is 34.9 Å². The van der Waals surface area contributed by atoms with E-state index in [0.717, 1.165) is 12.1 Å². The van der Waals surface area contributed by atoms with Gasteiger partial charge in [0.2, 0.25) is 20.0 Å². The van der Waals surface area contributed by atoms with Crippen LogP contribution in [0.25, 0.3) is 0 Å². The first-order valence-electron chi connectivity index (χ1n) is 6.33. The number of benzene rings is 1. The smallest absolute Gasteiger partial charge is 0.215 e. The molecule has 0 atom stereocenters. The van der Waals surface area contributed by atoms with E-state index in [2.05, 4.69) is 9.44 Å². The van der Waals surface area contributed by atoms with Crippen LogP contribution in [0.4, 0.5) is 4.39 Å². The molecule has 0 saturated heterocycles. The highest BCUT2D eigenvalue weighted by Crippen LogP contribution is 2.20. The van der Waals surface area contributed by atoms with Crippen LogP contribution < -0.4 is 9.44 Å². The molecule has 1 aromatic rings. The highest BCUT2D eigenvalue weighted by atomic mass is 32.2. The Kier molecular flexibility index (Phi) is 5.85. The molecular formula is C12H19FN2O4S2. The second-order valence-corrected chi connectivity index (χ2v) is 8.21. The van der Waals surface area contributed by atoms with Crippen LogP contribution in [0.3, 0.4) is 0 Å². The minimum absolute atomic E-state index is 0.0234. The lowest BCUT2D eigenvalue weighted by Gasteiger charge is -2.12. The standard InChI is InChI=1S/C12H19FN2O4S2/c1-4-14-20(16,17)6-5-15-21(18,19)12-9(2)7-11(13)8-10(12)3/h7-8,14-15H,4-6H2,1-3H3. The third-order valence-corrected chi connectivity index (χ3v) is 5.96. The van der Waals surface area contributed by atoms with Crippen LogP contribution in [-0.4, -0.2) is 35.7 Å². The molecule has 9 heteroatoms. The number of hydrogen-bond donors (Lipinski definition) is 2. The van der Waals surface area contributed by atoms with Gasteiger partial charge in [-0.15, -0.1) is 0 Å². The van der Waals surface area contributed by atoms with Crippen molar-refractivity contribution in [3.63, 3.8) is 0 Å². The summed E-state index contributed by atoms with van der Waals surface area (Å²) in [5, 5.41) is 0. The minimum Gasteiger partial charge on any atom is -0.215 e. The van der Waals surface area contributed by atoms with Gasteiger partial charge in [0.1, 0.15) is 5.82 Å². The summed E-state index contributed by atoms with van der Waals surface area (Å²) in [7, 11) is -7.38. The highest BCUT2D eigenvalue weighted by Gasteiger charge is 2.21. The Balaban J connectivity index is 2.89. The molecule has 120 valence electrons. The molecule has 0 aliphatic carbocycles. The molecule has 0 unspecified atom stereocenters. The number of halogens is 1. The summed E-state index contributed by atoms with van der Waals surface area (Å²) in [6, 6.07) is 2.24. The number of nitrogens with one attached hydrogen (secondary N) is 2. The molecule has 0 fully saturated rings. The predicted octanol–water partition coefficient (Wildman–Crippen LogP) is 0.660. The molecule has 0 spiro atoms. The van der Waals surface area contributed by atoms with Crippen LogP contribution >= 0.6 is 0 Å². The van der Waals surface area contributed by atoms with Gasteiger partial charge in [-0.3, -0.25) is 0 Å². The lowest BCUT2D eigenvalue weighted by Crippen LogP contribution is -2.34. The van der Waals surface area contributed by atoms with Crippen molar-refractivity contribution in [3.05, 3.63) is 29.1 Å². The Labute approximate surface area is 124 Å². The van der Waals surface area contributed by atoms with Crippen molar-refractivity contribution in [3.8, 4) is 0 Å². The van der Waals surface area contributed by atoms with Crippen molar-refractivity contribution < 1.29 is 21.2 Å². The molecule has 0 saturated carbocycles. The quantitative estimate of drug-likeness (QED) is 0.764. The fraction of sp³-hybridized carbons (Fsp3) is 0.500. The Hall–Kier alpha value is -1.03. The molecule has 0 aliphatic rings. The third-order valence-electron chi connectivity index (χ3n) is 2.72.